The first-order valence-corrected chi connectivity index (χ1v) is 5.66. The average molecular weight is 233 g/mol. The smallest absolute Gasteiger partial charge is 0.132 e. The summed E-state index contributed by atoms with van der Waals surface area (Å²) in [5, 5.41) is 10.0. The van der Waals surface area contributed by atoms with Gasteiger partial charge in [0.2, 0.25) is 0 Å². The summed E-state index contributed by atoms with van der Waals surface area (Å²) in [7, 11) is 1.91. The normalized spacial score (nSPS) is 12.6. The third-order valence-corrected chi connectivity index (χ3v) is 2.88. The van der Waals surface area contributed by atoms with Crippen molar-refractivity contribution in [1.29, 1.82) is 0 Å². The van der Waals surface area contributed by atoms with E-state index in [1.807, 2.05) is 13.1 Å². The molecule has 2 aromatic rings. The topological polar surface area (TPSA) is 40.7 Å². The van der Waals surface area contributed by atoms with Crippen LogP contribution in [0, 0.1) is 5.82 Å². The molecule has 0 aliphatic heterocycles. The molecule has 0 aliphatic rings. The van der Waals surface area contributed by atoms with Gasteiger partial charge in [-0.2, -0.15) is 5.10 Å². The molecule has 0 spiro atoms. The van der Waals surface area contributed by atoms with E-state index in [0.29, 0.717) is 11.6 Å². The highest BCUT2D eigenvalue weighted by Gasteiger charge is 2.13. The van der Waals surface area contributed by atoms with E-state index in [1.165, 1.54) is 6.07 Å². The Morgan fingerprint density at radius 1 is 1.41 bits per heavy atom. The van der Waals surface area contributed by atoms with Crippen molar-refractivity contribution in [2.45, 2.75) is 19.4 Å². The minimum Gasteiger partial charge on any atom is -0.317 e. The lowest BCUT2D eigenvalue weighted by atomic mass is 10.0. The van der Waals surface area contributed by atoms with Crippen LogP contribution in [0.4, 0.5) is 4.39 Å². The van der Waals surface area contributed by atoms with Gasteiger partial charge in [0, 0.05) is 11.6 Å². The fourth-order valence-electron chi connectivity index (χ4n) is 1.79. The molecule has 0 fully saturated rings. The van der Waals surface area contributed by atoms with Crippen LogP contribution in [0.3, 0.4) is 0 Å². The third-order valence-electron chi connectivity index (χ3n) is 2.88. The highest BCUT2D eigenvalue weighted by atomic mass is 19.1. The Kier molecular flexibility index (Phi) is 3.54. The summed E-state index contributed by atoms with van der Waals surface area (Å²) in [6, 6.07) is 7.06. The van der Waals surface area contributed by atoms with Crippen LogP contribution in [0.2, 0.25) is 0 Å². The molecule has 0 saturated heterocycles. The van der Waals surface area contributed by atoms with Gasteiger partial charge in [0.05, 0.1) is 11.9 Å². The maximum Gasteiger partial charge on any atom is 0.132 e. The molecule has 4 heteroatoms. The number of aromatic amines is 1. The van der Waals surface area contributed by atoms with E-state index in [4.69, 9.17) is 0 Å². The number of hydrogen-bond acceptors (Lipinski definition) is 2. The zero-order chi connectivity index (χ0) is 12.3. The Morgan fingerprint density at radius 3 is 2.88 bits per heavy atom. The minimum atomic E-state index is -0.227. The number of aromatic nitrogens is 2. The van der Waals surface area contributed by atoms with Crippen LogP contribution in [-0.4, -0.2) is 23.3 Å². The predicted molar refractivity (Wildman–Crippen MR) is 66.2 cm³/mol. The molecular weight excluding hydrogens is 217 g/mol. The summed E-state index contributed by atoms with van der Waals surface area (Å²) in [5.41, 5.74) is 2.37. The molecule has 1 unspecified atom stereocenters. The Bertz CT molecular complexity index is 493. The molecule has 90 valence electrons. The summed E-state index contributed by atoms with van der Waals surface area (Å²) >= 11 is 0. The Morgan fingerprint density at radius 2 is 2.18 bits per heavy atom. The van der Waals surface area contributed by atoms with Gasteiger partial charge in [-0.25, -0.2) is 4.39 Å². The molecular formula is C13H16FN3. The van der Waals surface area contributed by atoms with Gasteiger partial charge in [-0.05, 0) is 38.1 Å². The number of rotatable bonds is 4. The Labute approximate surface area is 100 Å². The second kappa shape index (κ2) is 5.10. The zero-order valence-electron chi connectivity index (χ0n) is 10.00. The van der Waals surface area contributed by atoms with Crippen LogP contribution in [0.15, 0.2) is 30.5 Å². The van der Waals surface area contributed by atoms with Crippen molar-refractivity contribution in [3.63, 3.8) is 0 Å². The zero-order valence-corrected chi connectivity index (χ0v) is 10.00. The molecule has 0 bridgehead atoms. The largest absolute Gasteiger partial charge is 0.317 e. The summed E-state index contributed by atoms with van der Waals surface area (Å²) in [6.45, 7) is 2.08. The molecule has 2 rings (SSSR count). The van der Waals surface area contributed by atoms with Gasteiger partial charge in [0.25, 0.3) is 0 Å². The molecule has 0 aliphatic carbocycles. The maximum absolute atomic E-state index is 13.7. The van der Waals surface area contributed by atoms with Gasteiger partial charge in [0.1, 0.15) is 5.82 Å². The SMILES string of the molecule is CNC(C)Cc1cn[nH]c1-c1ccccc1F. The summed E-state index contributed by atoms with van der Waals surface area (Å²) in [5.74, 6) is -0.227. The van der Waals surface area contributed by atoms with Crippen LogP contribution in [0.25, 0.3) is 11.3 Å². The first kappa shape index (κ1) is 11.8. The van der Waals surface area contributed by atoms with Crippen LogP contribution in [0.5, 0.6) is 0 Å². The highest BCUT2D eigenvalue weighted by molar-refractivity contribution is 5.63. The van der Waals surface area contributed by atoms with E-state index in [-0.39, 0.29) is 5.82 Å². The number of halogens is 1. The van der Waals surface area contributed by atoms with Crippen molar-refractivity contribution >= 4 is 0 Å². The number of H-pyrrole nitrogens is 1. The second-order valence-electron chi connectivity index (χ2n) is 4.14. The molecule has 1 aromatic carbocycles. The number of benzene rings is 1. The minimum absolute atomic E-state index is 0.227. The van der Waals surface area contributed by atoms with Crippen molar-refractivity contribution in [3.8, 4) is 11.3 Å². The molecule has 0 saturated carbocycles. The molecule has 1 heterocycles. The van der Waals surface area contributed by atoms with Crippen LogP contribution in [0.1, 0.15) is 12.5 Å². The molecule has 3 nitrogen and oxygen atoms in total. The van der Waals surface area contributed by atoms with Gasteiger partial charge in [-0.3, -0.25) is 5.10 Å². The monoisotopic (exact) mass is 233 g/mol. The standard InChI is InChI=1S/C13H16FN3/c1-9(15-2)7-10-8-16-17-13(10)11-5-3-4-6-12(11)14/h3-6,8-9,15H,7H2,1-2H3,(H,16,17). The molecule has 0 amide bonds. The lowest BCUT2D eigenvalue weighted by Gasteiger charge is -2.10. The predicted octanol–water partition coefficient (Wildman–Crippen LogP) is 2.37. The number of nitrogens with one attached hydrogen (secondary N) is 2. The molecule has 17 heavy (non-hydrogen) atoms. The first-order valence-electron chi connectivity index (χ1n) is 5.66. The van der Waals surface area contributed by atoms with E-state index < -0.39 is 0 Å². The van der Waals surface area contributed by atoms with Crippen molar-refractivity contribution in [2.24, 2.45) is 0 Å². The van der Waals surface area contributed by atoms with Gasteiger partial charge in [0.15, 0.2) is 0 Å². The molecule has 1 atom stereocenters. The fourth-order valence-corrected chi connectivity index (χ4v) is 1.79. The van der Waals surface area contributed by atoms with Crippen molar-refractivity contribution in [1.82, 2.24) is 15.5 Å². The van der Waals surface area contributed by atoms with Crippen molar-refractivity contribution in [2.75, 3.05) is 7.05 Å². The van der Waals surface area contributed by atoms with E-state index in [1.54, 1.807) is 18.3 Å². The van der Waals surface area contributed by atoms with Gasteiger partial charge < -0.3 is 5.32 Å². The van der Waals surface area contributed by atoms with E-state index in [2.05, 4.69) is 22.4 Å². The maximum atomic E-state index is 13.7. The highest BCUT2D eigenvalue weighted by Crippen LogP contribution is 2.24. The first-order chi connectivity index (χ1) is 8.22. The fraction of sp³-hybridized carbons (Fsp3) is 0.308. The summed E-state index contributed by atoms with van der Waals surface area (Å²) in [6.07, 6.45) is 2.58. The van der Waals surface area contributed by atoms with Gasteiger partial charge >= 0.3 is 0 Å². The average Bonchev–Trinajstić information content (AvgIpc) is 2.77. The van der Waals surface area contributed by atoms with E-state index in [9.17, 15) is 4.39 Å². The third kappa shape index (κ3) is 2.53. The molecule has 1 aromatic heterocycles. The molecule has 0 radical (unpaired) electrons. The van der Waals surface area contributed by atoms with Crippen LogP contribution >= 0.6 is 0 Å². The van der Waals surface area contributed by atoms with E-state index >= 15 is 0 Å². The number of nitrogens with zero attached hydrogens (tertiary/aromatic N) is 1. The number of hydrogen-bond donors (Lipinski definition) is 2. The Balaban J connectivity index is 2.34. The summed E-state index contributed by atoms with van der Waals surface area (Å²) in [4.78, 5) is 0. The quantitative estimate of drug-likeness (QED) is 0.851. The van der Waals surface area contributed by atoms with Crippen molar-refractivity contribution < 1.29 is 4.39 Å². The second-order valence-corrected chi connectivity index (χ2v) is 4.14. The molecule has 2 N–H and O–H groups in total. The lowest BCUT2D eigenvalue weighted by molar-refractivity contribution is 0.608. The van der Waals surface area contributed by atoms with Gasteiger partial charge in [-0.15, -0.1) is 0 Å². The van der Waals surface area contributed by atoms with Crippen LogP contribution < -0.4 is 5.32 Å². The summed E-state index contributed by atoms with van der Waals surface area (Å²) < 4.78 is 13.7. The van der Waals surface area contributed by atoms with Gasteiger partial charge in [-0.1, -0.05) is 12.1 Å². The van der Waals surface area contributed by atoms with Crippen molar-refractivity contribution in [3.05, 3.63) is 41.8 Å². The van der Waals surface area contributed by atoms with Crippen LogP contribution in [-0.2, 0) is 6.42 Å². The lowest BCUT2D eigenvalue weighted by Crippen LogP contribution is -2.23. The Hall–Kier alpha value is -1.68. The number of likely N-dealkylation sites (N-methyl/N-ethyl adjacent to an activating group) is 1. The van der Waals surface area contributed by atoms with E-state index in [0.717, 1.165) is 17.7 Å².